The van der Waals surface area contributed by atoms with Gasteiger partial charge in [0.25, 0.3) is 0 Å². The van der Waals surface area contributed by atoms with Gasteiger partial charge in [0.15, 0.2) is 0 Å². The van der Waals surface area contributed by atoms with Crippen LogP contribution in [0.1, 0.15) is 12.6 Å². The fourth-order valence-corrected chi connectivity index (χ4v) is 2.74. The highest BCUT2D eigenvalue weighted by Gasteiger charge is 2.12. The van der Waals surface area contributed by atoms with Gasteiger partial charge in [0.1, 0.15) is 12.3 Å². The highest BCUT2D eigenvalue weighted by atomic mass is 35.5. The molecule has 1 N–H and O–H groups in total. The van der Waals surface area contributed by atoms with E-state index in [-0.39, 0.29) is 5.91 Å². The molecule has 0 radical (unpaired) electrons. The van der Waals surface area contributed by atoms with E-state index in [0.29, 0.717) is 29.7 Å². The monoisotopic (exact) mass is 358 g/mol. The molecule has 0 aliphatic carbocycles. The van der Waals surface area contributed by atoms with Crippen molar-refractivity contribution in [3.8, 4) is 17.1 Å². The predicted octanol–water partition coefficient (Wildman–Crippen LogP) is 3.44. The number of nitrogens with zero attached hydrogens (tertiary/aromatic N) is 3. The molecule has 0 saturated carbocycles. The minimum atomic E-state index is -0.000231. The molecular formula is C18H19ClN4O2. The Morgan fingerprint density at radius 3 is 2.92 bits per heavy atom. The average molecular weight is 359 g/mol. The Balaban J connectivity index is 1.79. The molecule has 2 aromatic heterocycles. The maximum atomic E-state index is 11.2. The lowest BCUT2D eigenvalue weighted by molar-refractivity contribution is -0.127. The van der Waals surface area contributed by atoms with Gasteiger partial charge in [-0.2, -0.15) is 0 Å². The van der Waals surface area contributed by atoms with Crippen molar-refractivity contribution >= 4 is 28.4 Å². The molecule has 25 heavy (non-hydrogen) atoms. The van der Waals surface area contributed by atoms with Crippen LogP contribution in [0.25, 0.3) is 22.2 Å². The van der Waals surface area contributed by atoms with Gasteiger partial charge in [0.2, 0.25) is 11.8 Å². The number of aromatic nitrogens is 3. The van der Waals surface area contributed by atoms with Crippen LogP contribution in [0, 0.1) is 6.92 Å². The zero-order valence-electron chi connectivity index (χ0n) is 14.3. The smallest absolute Gasteiger partial charge is 0.235 e. The number of aryl methyl sites for hydroxylation is 1. The largest absolute Gasteiger partial charge is 0.474 e. The maximum absolute atomic E-state index is 11.2. The van der Waals surface area contributed by atoms with Crippen molar-refractivity contribution in [2.24, 2.45) is 0 Å². The number of rotatable bonds is 5. The Morgan fingerprint density at radius 2 is 2.20 bits per heavy atom. The molecule has 0 unspecified atom stereocenters. The van der Waals surface area contributed by atoms with Crippen LogP contribution in [0.4, 0.5) is 0 Å². The fraction of sp³-hybridized carbons (Fsp3) is 0.278. The van der Waals surface area contributed by atoms with Crippen molar-refractivity contribution in [2.75, 3.05) is 20.2 Å². The molecule has 130 valence electrons. The molecule has 3 rings (SSSR count). The van der Waals surface area contributed by atoms with Gasteiger partial charge in [0, 0.05) is 31.1 Å². The third kappa shape index (κ3) is 3.58. The van der Waals surface area contributed by atoms with Gasteiger partial charge in [-0.05, 0) is 13.0 Å². The molecule has 0 aliphatic rings. The summed E-state index contributed by atoms with van der Waals surface area (Å²) in [5.74, 6) is 0.471. The molecule has 1 aromatic carbocycles. The van der Waals surface area contributed by atoms with Crippen LogP contribution >= 0.6 is 11.6 Å². The van der Waals surface area contributed by atoms with Crippen LogP contribution in [0.15, 0.2) is 30.6 Å². The summed E-state index contributed by atoms with van der Waals surface area (Å²) in [6, 6.07) is 5.74. The number of fused-ring (bicyclic) bond motifs is 1. The van der Waals surface area contributed by atoms with Gasteiger partial charge in [0.05, 0.1) is 29.0 Å². The lowest BCUT2D eigenvalue weighted by atomic mass is 10.1. The first-order valence-corrected chi connectivity index (χ1v) is 8.29. The minimum absolute atomic E-state index is 0.000231. The van der Waals surface area contributed by atoms with Gasteiger partial charge in [-0.1, -0.05) is 23.7 Å². The Morgan fingerprint density at radius 1 is 1.40 bits per heavy atom. The molecule has 2 heterocycles. The van der Waals surface area contributed by atoms with E-state index in [2.05, 4.69) is 15.0 Å². The lowest BCUT2D eigenvalue weighted by Crippen LogP contribution is -2.28. The number of H-pyrrole nitrogens is 1. The van der Waals surface area contributed by atoms with Crippen molar-refractivity contribution in [1.82, 2.24) is 19.9 Å². The SMILES string of the molecule is CC(=O)N(C)CCOc1ncc(-c2c[nH]c3c(Cl)cccc23)nc1C. The molecule has 7 heteroatoms. The summed E-state index contributed by atoms with van der Waals surface area (Å²) in [6.07, 6.45) is 3.56. The third-order valence-corrected chi connectivity index (χ3v) is 4.36. The second-order valence-electron chi connectivity index (χ2n) is 5.80. The Bertz CT molecular complexity index is 923. The van der Waals surface area contributed by atoms with E-state index < -0.39 is 0 Å². The van der Waals surface area contributed by atoms with E-state index in [0.717, 1.165) is 22.2 Å². The van der Waals surface area contributed by atoms with Gasteiger partial charge < -0.3 is 14.6 Å². The summed E-state index contributed by atoms with van der Waals surface area (Å²) in [5.41, 5.74) is 3.26. The van der Waals surface area contributed by atoms with Crippen LogP contribution in [-0.4, -0.2) is 46.0 Å². The van der Waals surface area contributed by atoms with Crippen LogP contribution < -0.4 is 4.74 Å². The Hall–Kier alpha value is -2.60. The highest BCUT2D eigenvalue weighted by molar-refractivity contribution is 6.35. The highest BCUT2D eigenvalue weighted by Crippen LogP contribution is 2.31. The lowest BCUT2D eigenvalue weighted by Gasteiger charge is -2.15. The fourth-order valence-electron chi connectivity index (χ4n) is 2.51. The maximum Gasteiger partial charge on any atom is 0.235 e. The quantitative estimate of drug-likeness (QED) is 0.758. The number of carbonyl (C=O) groups excluding carboxylic acids is 1. The molecular weight excluding hydrogens is 340 g/mol. The molecule has 0 saturated heterocycles. The first-order chi connectivity index (χ1) is 12.0. The number of amides is 1. The Labute approximate surface area is 150 Å². The number of hydrogen-bond acceptors (Lipinski definition) is 4. The van der Waals surface area contributed by atoms with Gasteiger partial charge in [-0.25, -0.2) is 9.97 Å². The summed E-state index contributed by atoms with van der Waals surface area (Å²) in [4.78, 5) is 24.9. The molecule has 1 amide bonds. The van der Waals surface area contributed by atoms with Crippen LogP contribution in [0.2, 0.25) is 5.02 Å². The number of likely N-dealkylation sites (N-methyl/N-ethyl adjacent to an activating group) is 1. The standard InChI is InChI=1S/C18H19ClN4O2/c1-11-18(25-8-7-23(3)12(2)24)21-10-16(22-11)14-9-20-17-13(14)5-4-6-15(17)19/h4-6,9-10,20H,7-8H2,1-3H3. The van der Waals surface area contributed by atoms with E-state index in [1.54, 1.807) is 18.1 Å². The molecule has 6 nitrogen and oxygen atoms in total. The van der Waals surface area contributed by atoms with Crippen molar-refractivity contribution in [3.63, 3.8) is 0 Å². The zero-order chi connectivity index (χ0) is 18.0. The van der Waals surface area contributed by atoms with Gasteiger partial charge >= 0.3 is 0 Å². The van der Waals surface area contributed by atoms with E-state index in [9.17, 15) is 4.79 Å². The molecule has 0 bridgehead atoms. The number of ether oxygens (including phenoxy) is 1. The van der Waals surface area contributed by atoms with Crippen LogP contribution in [0.3, 0.4) is 0 Å². The summed E-state index contributed by atoms with van der Waals surface area (Å²) >= 11 is 6.20. The van der Waals surface area contributed by atoms with Crippen molar-refractivity contribution < 1.29 is 9.53 Å². The first-order valence-electron chi connectivity index (χ1n) is 7.91. The number of carbonyl (C=O) groups is 1. The molecule has 0 fully saturated rings. The van der Waals surface area contributed by atoms with Crippen LogP contribution in [0.5, 0.6) is 5.88 Å². The second-order valence-corrected chi connectivity index (χ2v) is 6.21. The second kappa shape index (κ2) is 7.11. The number of benzene rings is 1. The van der Waals surface area contributed by atoms with Crippen molar-refractivity contribution in [2.45, 2.75) is 13.8 Å². The molecule has 0 aliphatic heterocycles. The number of hydrogen-bond donors (Lipinski definition) is 1. The summed E-state index contributed by atoms with van der Waals surface area (Å²) in [5, 5.41) is 1.67. The summed E-state index contributed by atoms with van der Waals surface area (Å²) in [7, 11) is 1.73. The topological polar surface area (TPSA) is 71.1 Å². The number of para-hydroxylation sites is 1. The number of aromatic amines is 1. The molecule has 3 aromatic rings. The predicted molar refractivity (Wildman–Crippen MR) is 97.9 cm³/mol. The van der Waals surface area contributed by atoms with Crippen molar-refractivity contribution in [1.29, 1.82) is 0 Å². The van der Waals surface area contributed by atoms with E-state index in [1.807, 2.05) is 31.3 Å². The first kappa shape index (κ1) is 17.2. The summed E-state index contributed by atoms with van der Waals surface area (Å²) in [6.45, 7) is 4.24. The summed E-state index contributed by atoms with van der Waals surface area (Å²) < 4.78 is 5.64. The van der Waals surface area contributed by atoms with Gasteiger partial charge in [-0.3, -0.25) is 4.79 Å². The Kier molecular flexibility index (Phi) is 4.90. The molecule has 0 spiro atoms. The van der Waals surface area contributed by atoms with Crippen LogP contribution in [-0.2, 0) is 4.79 Å². The van der Waals surface area contributed by atoms with Crippen molar-refractivity contribution in [3.05, 3.63) is 41.3 Å². The minimum Gasteiger partial charge on any atom is -0.474 e. The van der Waals surface area contributed by atoms with E-state index in [1.165, 1.54) is 6.92 Å². The zero-order valence-corrected chi connectivity index (χ0v) is 15.1. The average Bonchev–Trinajstić information content (AvgIpc) is 3.01. The number of nitrogens with one attached hydrogen (secondary N) is 1. The normalized spacial score (nSPS) is 10.9. The number of halogens is 1. The van der Waals surface area contributed by atoms with E-state index >= 15 is 0 Å². The molecule has 0 atom stereocenters. The third-order valence-electron chi connectivity index (χ3n) is 4.05. The van der Waals surface area contributed by atoms with E-state index in [4.69, 9.17) is 16.3 Å². The van der Waals surface area contributed by atoms with Gasteiger partial charge in [-0.15, -0.1) is 0 Å².